The Bertz CT molecular complexity index is 614. The lowest BCUT2D eigenvalue weighted by atomic mass is 10.4. The SMILES string of the molecule is Brc1ccc(-c2ncc3cnccn23)o1. The quantitative estimate of drug-likeness (QED) is 0.678. The minimum atomic E-state index is 0.698. The van der Waals surface area contributed by atoms with Gasteiger partial charge in [0.05, 0.1) is 17.9 Å². The molecule has 0 aliphatic rings. The molecule has 15 heavy (non-hydrogen) atoms. The number of halogens is 1. The van der Waals surface area contributed by atoms with Gasteiger partial charge in [0, 0.05) is 12.4 Å². The number of hydrogen-bond donors (Lipinski definition) is 0. The Labute approximate surface area is 93.7 Å². The van der Waals surface area contributed by atoms with Crippen LogP contribution in [0.4, 0.5) is 0 Å². The molecule has 3 heterocycles. The second-order valence-corrected chi connectivity index (χ2v) is 3.84. The fourth-order valence-electron chi connectivity index (χ4n) is 1.47. The zero-order chi connectivity index (χ0) is 10.3. The number of hydrogen-bond acceptors (Lipinski definition) is 3. The van der Waals surface area contributed by atoms with Gasteiger partial charge in [0.15, 0.2) is 16.3 Å². The first kappa shape index (κ1) is 8.67. The van der Waals surface area contributed by atoms with Gasteiger partial charge in [-0.2, -0.15) is 0 Å². The molecule has 0 N–H and O–H groups in total. The van der Waals surface area contributed by atoms with E-state index >= 15 is 0 Å². The van der Waals surface area contributed by atoms with Gasteiger partial charge in [0.25, 0.3) is 0 Å². The maximum Gasteiger partial charge on any atom is 0.180 e. The standard InChI is InChI=1S/C10H6BrN3O/c11-9-2-1-8(15-9)10-13-6-7-5-12-3-4-14(7)10/h1-6H. The molecule has 3 aromatic rings. The highest BCUT2D eigenvalue weighted by Crippen LogP contribution is 2.24. The highest BCUT2D eigenvalue weighted by Gasteiger charge is 2.09. The third kappa shape index (κ3) is 1.35. The Balaban J connectivity index is 2.27. The number of rotatable bonds is 1. The Kier molecular flexibility index (Phi) is 1.85. The van der Waals surface area contributed by atoms with Gasteiger partial charge >= 0.3 is 0 Å². The Morgan fingerprint density at radius 1 is 1.27 bits per heavy atom. The van der Waals surface area contributed by atoms with Crippen molar-refractivity contribution < 1.29 is 4.42 Å². The Morgan fingerprint density at radius 3 is 3.00 bits per heavy atom. The van der Waals surface area contributed by atoms with E-state index in [-0.39, 0.29) is 0 Å². The van der Waals surface area contributed by atoms with Crippen LogP contribution in [0.3, 0.4) is 0 Å². The average Bonchev–Trinajstić information content (AvgIpc) is 2.83. The molecule has 0 saturated carbocycles. The van der Waals surface area contributed by atoms with Gasteiger partial charge in [-0.15, -0.1) is 0 Å². The highest BCUT2D eigenvalue weighted by molar-refractivity contribution is 9.10. The fourth-order valence-corrected chi connectivity index (χ4v) is 1.77. The van der Waals surface area contributed by atoms with Gasteiger partial charge in [-0.25, -0.2) is 4.98 Å². The first-order valence-corrected chi connectivity index (χ1v) is 5.17. The number of fused-ring (bicyclic) bond motifs is 1. The molecule has 0 aliphatic heterocycles. The van der Waals surface area contributed by atoms with Crippen molar-refractivity contribution in [2.24, 2.45) is 0 Å². The van der Waals surface area contributed by atoms with Crippen LogP contribution < -0.4 is 0 Å². The van der Waals surface area contributed by atoms with Crippen LogP contribution in [0.5, 0.6) is 0 Å². The third-order valence-corrected chi connectivity index (χ3v) is 2.55. The molecule has 3 aromatic heterocycles. The van der Waals surface area contributed by atoms with E-state index in [1.54, 1.807) is 18.6 Å². The predicted octanol–water partition coefficient (Wildman–Crippen LogP) is 2.75. The van der Waals surface area contributed by atoms with Crippen LogP contribution in [0.1, 0.15) is 0 Å². The van der Waals surface area contributed by atoms with E-state index in [4.69, 9.17) is 4.42 Å². The summed E-state index contributed by atoms with van der Waals surface area (Å²) in [7, 11) is 0. The summed E-state index contributed by atoms with van der Waals surface area (Å²) in [6, 6.07) is 3.72. The molecule has 74 valence electrons. The maximum atomic E-state index is 5.45. The zero-order valence-corrected chi connectivity index (χ0v) is 9.18. The van der Waals surface area contributed by atoms with Gasteiger partial charge in [0.2, 0.25) is 0 Å². The van der Waals surface area contributed by atoms with E-state index in [0.717, 1.165) is 17.1 Å². The van der Waals surface area contributed by atoms with Crippen LogP contribution in [0, 0.1) is 0 Å². The van der Waals surface area contributed by atoms with Crippen LogP contribution in [0.15, 0.2) is 46.0 Å². The molecule has 0 aliphatic carbocycles. The van der Waals surface area contributed by atoms with E-state index in [1.807, 2.05) is 22.7 Å². The summed E-state index contributed by atoms with van der Waals surface area (Å²) in [5.41, 5.74) is 0.944. The lowest BCUT2D eigenvalue weighted by Gasteiger charge is -1.95. The van der Waals surface area contributed by atoms with Gasteiger partial charge < -0.3 is 4.42 Å². The van der Waals surface area contributed by atoms with Crippen molar-refractivity contribution in [1.82, 2.24) is 14.4 Å². The Morgan fingerprint density at radius 2 is 2.20 bits per heavy atom. The monoisotopic (exact) mass is 263 g/mol. The molecular weight excluding hydrogens is 258 g/mol. The average molecular weight is 264 g/mol. The van der Waals surface area contributed by atoms with Crippen LogP contribution >= 0.6 is 15.9 Å². The van der Waals surface area contributed by atoms with Crippen LogP contribution in [-0.4, -0.2) is 14.4 Å². The molecule has 0 spiro atoms. The Hall–Kier alpha value is -1.62. The van der Waals surface area contributed by atoms with Crippen molar-refractivity contribution in [3.05, 3.63) is 41.6 Å². The molecule has 0 saturated heterocycles. The van der Waals surface area contributed by atoms with Crippen molar-refractivity contribution in [3.63, 3.8) is 0 Å². The summed E-state index contributed by atoms with van der Waals surface area (Å²) in [4.78, 5) is 8.31. The number of imidazole rings is 1. The summed E-state index contributed by atoms with van der Waals surface area (Å²) in [6.07, 6.45) is 7.09. The fraction of sp³-hybridized carbons (Fsp3) is 0. The molecular formula is C10H6BrN3O. The summed E-state index contributed by atoms with van der Waals surface area (Å²) < 4.78 is 8.08. The van der Waals surface area contributed by atoms with E-state index < -0.39 is 0 Å². The predicted molar refractivity (Wildman–Crippen MR) is 58.4 cm³/mol. The minimum absolute atomic E-state index is 0.698. The first-order chi connectivity index (χ1) is 7.34. The van der Waals surface area contributed by atoms with Crippen molar-refractivity contribution in [2.45, 2.75) is 0 Å². The van der Waals surface area contributed by atoms with Crippen LogP contribution in [0.2, 0.25) is 0 Å². The van der Waals surface area contributed by atoms with Gasteiger partial charge in [-0.3, -0.25) is 9.38 Å². The summed E-state index contributed by atoms with van der Waals surface area (Å²) >= 11 is 3.27. The second kappa shape index (κ2) is 3.20. The van der Waals surface area contributed by atoms with Crippen molar-refractivity contribution in [1.29, 1.82) is 0 Å². The smallest absolute Gasteiger partial charge is 0.180 e. The van der Waals surface area contributed by atoms with Gasteiger partial charge in [-0.1, -0.05) is 0 Å². The van der Waals surface area contributed by atoms with E-state index in [0.29, 0.717) is 4.67 Å². The molecule has 0 amide bonds. The van der Waals surface area contributed by atoms with E-state index in [2.05, 4.69) is 25.9 Å². The maximum absolute atomic E-state index is 5.45. The molecule has 0 unspecified atom stereocenters. The molecule has 5 heteroatoms. The topological polar surface area (TPSA) is 43.3 Å². The molecule has 3 rings (SSSR count). The molecule has 0 atom stereocenters. The van der Waals surface area contributed by atoms with Crippen LogP contribution in [0.25, 0.3) is 17.1 Å². The van der Waals surface area contributed by atoms with Crippen molar-refractivity contribution in [3.8, 4) is 11.6 Å². The first-order valence-electron chi connectivity index (χ1n) is 4.37. The summed E-state index contributed by atoms with van der Waals surface area (Å²) in [5, 5.41) is 0. The minimum Gasteiger partial charge on any atom is -0.446 e. The number of furan rings is 1. The highest BCUT2D eigenvalue weighted by atomic mass is 79.9. The second-order valence-electron chi connectivity index (χ2n) is 3.06. The van der Waals surface area contributed by atoms with Crippen molar-refractivity contribution in [2.75, 3.05) is 0 Å². The van der Waals surface area contributed by atoms with E-state index in [9.17, 15) is 0 Å². The van der Waals surface area contributed by atoms with Crippen molar-refractivity contribution >= 4 is 21.4 Å². The molecule has 0 bridgehead atoms. The molecule has 0 aromatic carbocycles. The van der Waals surface area contributed by atoms with Gasteiger partial charge in [-0.05, 0) is 28.1 Å². The number of nitrogens with zero attached hydrogens (tertiary/aromatic N) is 3. The van der Waals surface area contributed by atoms with Crippen LogP contribution in [-0.2, 0) is 0 Å². The lowest BCUT2D eigenvalue weighted by molar-refractivity contribution is 0.551. The zero-order valence-electron chi connectivity index (χ0n) is 7.59. The molecule has 4 nitrogen and oxygen atoms in total. The largest absolute Gasteiger partial charge is 0.446 e. The summed E-state index contributed by atoms with van der Waals surface area (Å²) in [5.74, 6) is 1.51. The van der Waals surface area contributed by atoms with Gasteiger partial charge in [0.1, 0.15) is 0 Å². The summed E-state index contributed by atoms with van der Waals surface area (Å²) in [6.45, 7) is 0. The third-order valence-electron chi connectivity index (χ3n) is 2.13. The molecule has 0 radical (unpaired) electrons. The lowest BCUT2D eigenvalue weighted by Crippen LogP contribution is -1.87. The number of aromatic nitrogens is 3. The normalized spacial score (nSPS) is 11.0. The van der Waals surface area contributed by atoms with E-state index in [1.165, 1.54) is 0 Å². The molecule has 0 fully saturated rings.